The van der Waals surface area contributed by atoms with E-state index in [9.17, 15) is 4.79 Å². The lowest BCUT2D eigenvalue weighted by molar-refractivity contribution is -0.142. The molecule has 3 fully saturated rings. The molecule has 3 heterocycles. The average Bonchev–Trinajstić information content (AvgIpc) is 3.00. The van der Waals surface area contributed by atoms with Crippen LogP contribution in [0.4, 0.5) is 0 Å². The van der Waals surface area contributed by atoms with Crippen molar-refractivity contribution in [2.24, 2.45) is 0 Å². The van der Waals surface area contributed by atoms with E-state index in [0.717, 1.165) is 71.4 Å². The summed E-state index contributed by atoms with van der Waals surface area (Å²) >= 11 is 0. The lowest BCUT2D eigenvalue weighted by Gasteiger charge is -2.43. The predicted molar refractivity (Wildman–Crippen MR) is 75.6 cm³/mol. The van der Waals surface area contributed by atoms with Crippen LogP contribution >= 0.6 is 0 Å². The third-order valence-corrected chi connectivity index (χ3v) is 4.90. The Morgan fingerprint density at radius 2 is 1.95 bits per heavy atom. The summed E-state index contributed by atoms with van der Waals surface area (Å²) in [5, 5.41) is 3.46. The number of hydrogen-bond donors (Lipinski definition) is 1. The van der Waals surface area contributed by atoms with Gasteiger partial charge in [-0.05, 0) is 38.5 Å². The Kier molecular flexibility index (Phi) is 4.58. The van der Waals surface area contributed by atoms with Gasteiger partial charge in [0.25, 0.3) is 0 Å². The van der Waals surface area contributed by atoms with Crippen LogP contribution in [-0.4, -0.2) is 61.9 Å². The minimum atomic E-state index is 0.00482. The van der Waals surface area contributed by atoms with Gasteiger partial charge < -0.3 is 19.7 Å². The van der Waals surface area contributed by atoms with Crippen molar-refractivity contribution in [1.29, 1.82) is 0 Å². The van der Waals surface area contributed by atoms with Crippen LogP contribution in [0.3, 0.4) is 0 Å². The molecule has 3 aliphatic rings. The summed E-state index contributed by atoms with van der Waals surface area (Å²) in [6.07, 6.45) is 6.33. The lowest BCUT2D eigenvalue weighted by atomic mass is 9.84. The fraction of sp³-hybridized carbons (Fsp3) is 0.933. The van der Waals surface area contributed by atoms with Crippen molar-refractivity contribution in [3.8, 4) is 0 Å². The molecule has 0 aromatic rings. The zero-order chi connectivity index (χ0) is 13.8. The third kappa shape index (κ3) is 3.32. The van der Waals surface area contributed by atoms with Crippen LogP contribution in [0.1, 0.15) is 38.5 Å². The van der Waals surface area contributed by atoms with E-state index in [1.54, 1.807) is 0 Å². The van der Waals surface area contributed by atoms with Crippen LogP contribution in [0.25, 0.3) is 0 Å². The first-order valence-corrected chi connectivity index (χ1v) is 8.00. The molecule has 0 aliphatic carbocycles. The van der Waals surface area contributed by atoms with Gasteiger partial charge in [-0.15, -0.1) is 0 Å². The largest absolute Gasteiger partial charge is 0.381 e. The van der Waals surface area contributed by atoms with E-state index in [1.807, 2.05) is 4.90 Å². The Morgan fingerprint density at radius 1 is 1.20 bits per heavy atom. The van der Waals surface area contributed by atoms with Gasteiger partial charge in [0.2, 0.25) is 5.91 Å². The minimum Gasteiger partial charge on any atom is -0.381 e. The minimum absolute atomic E-state index is 0.00482. The van der Waals surface area contributed by atoms with E-state index in [-0.39, 0.29) is 11.5 Å². The van der Waals surface area contributed by atoms with Crippen LogP contribution in [0.15, 0.2) is 0 Å². The van der Waals surface area contributed by atoms with Gasteiger partial charge in [-0.2, -0.15) is 0 Å². The highest BCUT2D eigenvalue weighted by molar-refractivity contribution is 5.78. The summed E-state index contributed by atoms with van der Waals surface area (Å²) in [5.74, 6) is 0.259. The van der Waals surface area contributed by atoms with Gasteiger partial charge in [-0.1, -0.05) is 0 Å². The van der Waals surface area contributed by atoms with Crippen LogP contribution < -0.4 is 5.32 Å². The topological polar surface area (TPSA) is 50.8 Å². The zero-order valence-corrected chi connectivity index (χ0v) is 12.2. The van der Waals surface area contributed by atoms with E-state index in [1.165, 1.54) is 0 Å². The third-order valence-electron chi connectivity index (χ3n) is 4.90. The highest BCUT2D eigenvalue weighted by atomic mass is 16.5. The van der Waals surface area contributed by atoms with Gasteiger partial charge in [-0.25, -0.2) is 0 Å². The molecule has 3 aliphatic heterocycles. The van der Waals surface area contributed by atoms with Gasteiger partial charge in [0.15, 0.2) is 0 Å². The molecule has 0 aromatic heterocycles. The molecule has 0 saturated carbocycles. The van der Waals surface area contributed by atoms with E-state index in [2.05, 4.69) is 5.32 Å². The quantitative estimate of drug-likeness (QED) is 0.836. The summed E-state index contributed by atoms with van der Waals surface area (Å²) in [6.45, 7) is 4.77. The summed E-state index contributed by atoms with van der Waals surface area (Å²) < 4.78 is 11.5. The lowest BCUT2D eigenvalue weighted by Crippen LogP contribution is -2.51. The standard InChI is InChI=1S/C15H26N2O3/c18-14(17-6-1-2-7-17)12-16-13-3-8-20-15(11-13)4-9-19-10-5-15/h13,16H,1-12H2. The second-order valence-corrected chi connectivity index (χ2v) is 6.30. The van der Waals surface area contributed by atoms with Crippen molar-refractivity contribution in [2.75, 3.05) is 39.5 Å². The summed E-state index contributed by atoms with van der Waals surface area (Å²) in [4.78, 5) is 14.1. The van der Waals surface area contributed by atoms with E-state index in [4.69, 9.17) is 9.47 Å². The SMILES string of the molecule is O=C(CNC1CCOC2(CCOCC2)C1)N1CCCC1. The van der Waals surface area contributed by atoms with E-state index < -0.39 is 0 Å². The molecule has 1 unspecified atom stereocenters. The van der Waals surface area contributed by atoms with Gasteiger partial charge in [0, 0.05) is 39.0 Å². The number of hydrogen-bond acceptors (Lipinski definition) is 4. The first-order valence-electron chi connectivity index (χ1n) is 8.00. The molecule has 0 radical (unpaired) electrons. The highest BCUT2D eigenvalue weighted by Gasteiger charge is 2.39. The number of rotatable bonds is 3. The molecule has 3 rings (SSSR count). The van der Waals surface area contributed by atoms with Crippen molar-refractivity contribution in [3.05, 3.63) is 0 Å². The van der Waals surface area contributed by atoms with Gasteiger partial charge >= 0.3 is 0 Å². The summed E-state index contributed by atoms with van der Waals surface area (Å²) in [5.41, 5.74) is 0.00482. The maximum atomic E-state index is 12.1. The first-order chi connectivity index (χ1) is 9.77. The molecule has 20 heavy (non-hydrogen) atoms. The molecule has 3 saturated heterocycles. The molecule has 1 N–H and O–H groups in total. The van der Waals surface area contributed by atoms with E-state index >= 15 is 0 Å². The van der Waals surface area contributed by atoms with Gasteiger partial charge in [0.05, 0.1) is 12.1 Å². The molecule has 0 bridgehead atoms. The Balaban J connectivity index is 1.46. The smallest absolute Gasteiger partial charge is 0.236 e. The fourth-order valence-electron chi connectivity index (χ4n) is 3.60. The number of carbonyl (C=O) groups is 1. The van der Waals surface area contributed by atoms with Gasteiger partial charge in [0.1, 0.15) is 0 Å². The van der Waals surface area contributed by atoms with Crippen molar-refractivity contribution in [3.63, 3.8) is 0 Å². The fourth-order valence-corrected chi connectivity index (χ4v) is 3.60. The van der Waals surface area contributed by atoms with Crippen LogP contribution in [0, 0.1) is 0 Å². The van der Waals surface area contributed by atoms with Crippen molar-refractivity contribution in [1.82, 2.24) is 10.2 Å². The molecule has 1 atom stereocenters. The number of nitrogens with zero attached hydrogens (tertiary/aromatic N) is 1. The molecule has 5 nitrogen and oxygen atoms in total. The predicted octanol–water partition coefficient (Wildman–Crippen LogP) is 0.927. The molecular formula is C15H26N2O3. The van der Waals surface area contributed by atoms with Gasteiger partial charge in [-0.3, -0.25) is 4.79 Å². The second-order valence-electron chi connectivity index (χ2n) is 6.30. The molecule has 5 heteroatoms. The normalized spacial score (nSPS) is 29.8. The summed E-state index contributed by atoms with van der Waals surface area (Å²) in [6, 6.07) is 0.411. The Morgan fingerprint density at radius 3 is 2.70 bits per heavy atom. The second kappa shape index (κ2) is 6.41. The Bertz CT molecular complexity index is 331. The molecule has 1 amide bonds. The Labute approximate surface area is 121 Å². The molecule has 0 aromatic carbocycles. The molecular weight excluding hydrogens is 256 g/mol. The Hall–Kier alpha value is -0.650. The first kappa shape index (κ1) is 14.3. The summed E-state index contributed by atoms with van der Waals surface area (Å²) in [7, 11) is 0. The number of likely N-dealkylation sites (tertiary alicyclic amines) is 1. The molecule has 114 valence electrons. The van der Waals surface area contributed by atoms with Crippen molar-refractivity contribution < 1.29 is 14.3 Å². The maximum Gasteiger partial charge on any atom is 0.236 e. The monoisotopic (exact) mass is 282 g/mol. The number of amides is 1. The van der Waals surface area contributed by atoms with E-state index in [0.29, 0.717) is 12.6 Å². The highest BCUT2D eigenvalue weighted by Crippen LogP contribution is 2.34. The van der Waals surface area contributed by atoms with Crippen molar-refractivity contribution in [2.45, 2.75) is 50.2 Å². The van der Waals surface area contributed by atoms with Crippen LogP contribution in [-0.2, 0) is 14.3 Å². The average molecular weight is 282 g/mol. The zero-order valence-electron chi connectivity index (χ0n) is 12.2. The van der Waals surface area contributed by atoms with Crippen LogP contribution in [0.5, 0.6) is 0 Å². The number of nitrogens with one attached hydrogen (secondary N) is 1. The van der Waals surface area contributed by atoms with Crippen molar-refractivity contribution >= 4 is 5.91 Å². The van der Waals surface area contributed by atoms with Crippen LogP contribution in [0.2, 0.25) is 0 Å². The molecule has 1 spiro atoms. The number of ether oxygens (including phenoxy) is 2. The maximum absolute atomic E-state index is 12.1. The number of carbonyl (C=O) groups excluding carboxylic acids is 1.